The van der Waals surface area contributed by atoms with E-state index < -0.39 is 0 Å². The number of rotatable bonds is 6. The molecule has 84 valence electrons. The third-order valence-electron chi connectivity index (χ3n) is 1.47. The number of hydrogen-bond donors (Lipinski definition) is 0. The van der Waals surface area contributed by atoms with Crippen LogP contribution in [0.15, 0.2) is 0 Å². The van der Waals surface area contributed by atoms with Gasteiger partial charge in [0.1, 0.15) is 0 Å². The summed E-state index contributed by atoms with van der Waals surface area (Å²) in [4.78, 5) is 20.0. The molecule has 0 aliphatic carbocycles. The van der Waals surface area contributed by atoms with Crippen LogP contribution in [0.5, 0.6) is 0 Å². The summed E-state index contributed by atoms with van der Waals surface area (Å²) in [7, 11) is 0. The Balaban J connectivity index is -0.000000180. The van der Waals surface area contributed by atoms with Crippen molar-refractivity contribution in [1.29, 1.82) is 0 Å². The topological polar surface area (TPSA) is 34.1 Å². The maximum atomic E-state index is 10.0. The fourth-order valence-corrected chi connectivity index (χ4v) is 0.931. The van der Waals surface area contributed by atoms with Crippen LogP contribution in [-0.4, -0.2) is 48.0 Å². The summed E-state index contributed by atoms with van der Waals surface area (Å²) in [6.45, 7) is 4.08. The largest absolute Gasteiger partial charge is 2.00 e. The van der Waals surface area contributed by atoms with Crippen LogP contribution in [0, 0.1) is 0 Å². The molecular formula is C10H18CaO2S2. The zero-order valence-corrected chi connectivity index (χ0v) is 13.4. The third kappa shape index (κ3) is 31.3. The molecule has 0 radical (unpaired) electrons. The van der Waals surface area contributed by atoms with Crippen LogP contribution in [0.1, 0.15) is 52.4 Å². The molecule has 0 aromatic heterocycles. The van der Waals surface area contributed by atoms with Gasteiger partial charge in [-0.2, -0.15) is 0 Å². The average molecular weight is 274 g/mol. The number of carbonyl (C=O) groups excluding carboxylic acids is 2. The maximum Gasteiger partial charge on any atom is 2.00 e. The van der Waals surface area contributed by atoms with Crippen molar-refractivity contribution in [3.63, 3.8) is 0 Å². The summed E-state index contributed by atoms with van der Waals surface area (Å²) < 4.78 is 0. The molecule has 0 aliphatic heterocycles. The molecule has 0 amide bonds. The van der Waals surface area contributed by atoms with Crippen molar-refractivity contribution in [3.05, 3.63) is 0 Å². The van der Waals surface area contributed by atoms with Gasteiger partial charge in [-0.05, 0) is 25.7 Å². The van der Waals surface area contributed by atoms with Crippen LogP contribution >= 0.6 is 0 Å². The number of carbonyl (C=O) groups is 2. The SMILES string of the molecule is CCCCC(=O)[S-].CCCCC(=O)[S-].[Ca+2]. The van der Waals surface area contributed by atoms with E-state index in [9.17, 15) is 9.59 Å². The van der Waals surface area contributed by atoms with Crippen LogP contribution in [-0.2, 0) is 34.8 Å². The fraction of sp³-hybridized carbons (Fsp3) is 0.800. The van der Waals surface area contributed by atoms with E-state index in [4.69, 9.17) is 0 Å². The van der Waals surface area contributed by atoms with Crippen molar-refractivity contribution in [1.82, 2.24) is 0 Å². The molecule has 0 heterocycles. The minimum absolute atomic E-state index is 0. The van der Waals surface area contributed by atoms with Crippen molar-refractivity contribution >= 4 is 73.2 Å². The van der Waals surface area contributed by atoms with E-state index in [1.54, 1.807) is 0 Å². The molecule has 0 spiro atoms. The van der Waals surface area contributed by atoms with Crippen LogP contribution in [0.4, 0.5) is 0 Å². The van der Waals surface area contributed by atoms with Crippen LogP contribution in [0.2, 0.25) is 0 Å². The third-order valence-corrected chi connectivity index (χ3v) is 1.88. The molecule has 0 rings (SSSR count). The summed E-state index contributed by atoms with van der Waals surface area (Å²) in [6, 6.07) is 0. The van der Waals surface area contributed by atoms with Crippen molar-refractivity contribution in [2.24, 2.45) is 0 Å². The quantitative estimate of drug-likeness (QED) is 0.549. The fourth-order valence-electron chi connectivity index (χ4n) is 0.642. The van der Waals surface area contributed by atoms with Gasteiger partial charge in [0.15, 0.2) is 0 Å². The zero-order chi connectivity index (χ0) is 11.4. The average Bonchev–Trinajstić information content (AvgIpc) is 2.12. The molecule has 0 saturated heterocycles. The molecule has 0 N–H and O–H groups in total. The molecule has 15 heavy (non-hydrogen) atoms. The number of unbranched alkanes of at least 4 members (excludes halogenated alkanes) is 2. The van der Waals surface area contributed by atoms with E-state index in [0.717, 1.165) is 25.7 Å². The van der Waals surface area contributed by atoms with Crippen molar-refractivity contribution in [2.45, 2.75) is 52.4 Å². The Kier molecular flexibility index (Phi) is 24.8. The van der Waals surface area contributed by atoms with Crippen molar-refractivity contribution in [2.75, 3.05) is 0 Å². The van der Waals surface area contributed by atoms with Gasteiger partial charge in [0.05, 0.1) is 0 Å². The summed E-state index contributed by atoms with van der Waals surface area (Å²) in [5.74, 6) is 0. The van der Waals surface area contributed by atoms with Crippen LogP contribution < -0.4 is 0 Å². The molecule has 0 aromatic rings. The van der Waals surface area contributed by atoms with Crippen LogP contribution in [0.3, 0.4) is 0 Å². The van der Waals surface area contributed by atoms with Gasteiger partial charge in [0.25, 0.3) is 0 Å². The zero-order valence-electron chi connectivity index (χ0n) is 9.58. The molecule has 0 aromatic carbocycles. The number of hydrogen-bond acceptors (Lipinski definition) is 4. The van der Waals surface area contributed by atoms with E-state index in [1.165, 1.54) is 0 Å². The minimum atomic E-state index is -0.109. The second-order valence-corrected chi connectivity index (χ2v) is 3.86. The van der Waals surface area contributed by atoms with Gasteiger partial charge in [-0.15, -0.1) is 0 Å². The minimum Gasteiger partial charge on any atom is -0.742 e. The van der Waals surface area contributed by atoms with Gasteiger partial charge in [0.2, 0.25) is 0 Å². The molecule has 0 fully saturated rings. The molecule has 0 bridgehead atoms. The Morgan fingerprint density at radius 3 is 1.20 bits per heavy atom. The second kappa shape index (κ2) is 17.4. The van der Waals surface area contributed by atoms with Crippen molar-refractivity contribution < 1.29 is 9.59 Å². The Hall–Kier alpha value is 1.04. The molecule has 5 heteroatoms. The first-order valence-corrected chi connectivity index (χ1v) is 5.75. The normalized spacial score (nSPS) is 8.13. The van der Waals surface area contributed by atoms with E-state index in [0.29, 0.717) is 12.8 Å². The summed E-state index contributed by atoms with van der Waals surface area (Å²) in [5, 5.41) is -0.219. The Morgan fingerprint density at radius 2 is 1.13 bits per heavy atom. The molecular weight excluding hydrogens is 256 g/mol. The van der Waals surface area contributed by atoms with Gasteiger partial charge in [-0.25, -0.2) is 0 Å². The summed E-state index contributed by atoms with van der Waals surface area (Å²) in [6.07, 6.45) is 5.16. The van der Waals surface area contributed by atoms with E-state index in [1.807, 2.05) is 13.8 Å². The predicted octanol–water partition coefficient (Wildman–Crippen LogP) is 2.12. The summed E-state index contributed by atoms with van der Waals surface area (Å²) in [5.41, 5.74) is 0. The van der Waals surface area contributed by atoms with Gasteiger partial charge >= 0.3 is 37.7 Å². The van der Waals surface area contributed by atoms with Crippen molar-refractivity contribution in [3.8, 4) is 0 Å². The molecule has 0 aliphatic rings. The maximum absolute atomic E-state index is 10.0. The Labute approximate surface area is 134 Å². The standard InChI is InChI=1S/2C5H10OS.Ca/c2*1-2-3-4-5(6)7;/h2*2-4H2,1H3,(H,6,7);/q;;+2/p-2. The van der Waals surface area contributed by atoms with Gasteiger partial charge < -0.3 is 34.8 Å². The monoisotopic (exact) mass is 274 g/mol. The van der Waals surface area contributed by atoms with Gasteiger partial charge in [-0.1, -0.05) is 26.7 Å². The predicted molar refractivity (Wildman–Crippen MR) is 69.5 cm³/mol. The Bertz CT molecular complexity index is 146. The smallest absolute Gasteiger partial charge is 0.742 e. The first kappa shape index (κ1) is 21.3. The molecule has 0 atom stereocenters. The van der Waals surface area contributed by atoms with E-state index >= 15 is 0 Å². The Morgan fingerprint density at radius 1 is 0.867 bits per heavy atom. The summed E-state index contributed by atoms with van der Waals surface area (Å²) >= 11 is 8.61. The molecule has 0 saturated carbocycles. The van der Waals surface area contributed by atoms with Gasteiger partial charge in [-0.3, -0.25) is 0 Å². The van der Waals surface area contributed by atoms with Crippen LogP contribution in [0.25, 0.3) is 0 Å². The molecule has 2 nitrogen and oxygen atoms in total. The van der Waals surface area contributed by atoms with E-state index in [2.05, 4.69) is 25.3 Å². The first-order chi connectivity index (χ1) is 6.54. The van der Waals surface area contributed by atoms with E-state index in [-0.39, 0.29) is 48.0 Å². The second-order valence-electron chi connectivity index (χ2n) is 2.95. The van der Waals surface area contributed by atoms with Gasteiger partial charge in [0, 0.05) is 10.2 Å². The molecule has 0 unspecified atom stereocenters. The first-order valence-electron chi connectivity index (χ1n) is 4.94.